The summed E-state index contributed by atoms with van der Waals surface area (Å²) in [5, 5.41) is 7.27. The first-order chi connectivity index (χ1) is 9.24. The zero-order valence-corrected chi connectivity index (χ0v) is 10.9. The molecule has 0 radical (unpaired) electrons. The van der Waals surface area contributed by atoms with Gasteiger partial charge in [0.05, 0.1) is 11.9 Å². The van der Waals surface area contributed by atoms with Crippen LogP contribution in [0.1, 0.15) is 18.9 Å². The van der Waals surface area contributed by atoms with E-state index in [-0.39, 0.29) is 11.8 Å². The van der Waals surface area contributed by atoms with E-state index in [4.69, 9.17) is 0 Å². The van der Waals surface area contributed by atoms with E-state index in [1.165, 1.54) is 0 Å². The fourth-order valence-corrected chi connectivity index (χ4v) is 2.18. The lowest BCUT2D eigenvalue weighted by Gasteiger charge is -2.02. The second-order valence-electron chi connectivity index (χ2n) is 5.17. The molecule has 1 saturated carbocycles. The fraction of sp³-hybridized carbons (Fsp3) is 0.333. The average molecular weight is 255 g/mol. The Labute approximate surface area is 112 Å². The molecule has 1 aliphatic rings. The van der Waals surface area contributed by atoms with Gasteiger partial charge >= 0.3 is 0 Å². The van der Waals surface area contributed by atoms with Crippen molar-refractivity contribution in [2.45, 2.75) is 19.9 Å². The van der Waals surface area contributed by atoms with Crippen molar-refractivity contribution in [3.63, 3.8) is 0 Å². The Kier molecular flexibility index (Phi) is 3.07. The van der Waals surface area contributed by atoms with Gasteiger partial charge in [-0.1, -0.05) is 25.1 Å². The van der Waals surface area contributed by atoms with E-state index in [2.05, 4.69) is 17.3 Å². The summed E-state index contributed by atoms with van der Waals surface area (Å²) < 4.78 is 1.82. The van der Waals surface area contributed by atoms with Gasteiger partial charge in [0.1, 0.15) is 0 Å². The van der Waals surface area contributed by atoms with Crippen molar-refractivity contribution in [2.24, 2.45) is 11.8 Å². The lowest BCUT2D eigenvalue weighted by molar-refractivity contribution is -0.122. The van der Waals surface area contributed by atoms with Gasteiger partial charge in [-0.25, -0.2) is 4.68 Å². The van der Waals surface area contributed by atoms with Gasteiger partial charge in [-0.2, -0.15) is 5.10 Å². The van der Waals surface area contributed by atoms with Crippen LogP contribution in [0.5, 0.6) is 0 Å². The molecule has 1 aromatic heterocycles. The van der Waals surface area contributed by atoms with Crippen LogP contribution < -0.4 is 5.32 Å². The highest BCUT2D eigenvalue weighted by molar-refractivity contribution is 5.81. The summed E-state index contributed by atoms with van der Waals surface area (Å²) in [6.45, 7) is 2.66. The van der Waals surface area contributed by atoms with Crippen LogP contribution in [0.25, 0.3) is 5.69 Å². The van der Waals surface area contributed by atoms with Crippen LogP contribution in [-0.2, 0) is 11.3 Å². The molecule has 4 nitrogen and oxygen atoms in total. The van der Waals surface area contributed by atoms with Crippen LogP contribution in [0, 0.1) is 11.8 Å². The third-order valence-electron chi connectivity index (χ3n) is 3.57. The van der Waals surface area contributed by atoms with Gasteiger partial charge < -0.3 is 5.32 Å². The molecule has 1 heterocycles. The number of carbonyl (C=O) groups excluding carboxylic acids is 1. The van der Waals surface area contributed by atoms with E-state index in [9.17, 15) is 4.79 Å². The lowest BCUT2D eigenvalue weighted by atomic mass is 10.3. The number of amides is 1. The molecule has 1 fully saturated rings. The summed E-state index contributed by atoms with van der Waals surface area (Å²) >= 11 is 0. The summed E-state index contributed by atoms with van der Waals surface area (Å²) in [4.78, 5) is 11.7. The first-order valence-corrected chi connectivity index (χ1v) is 6.61. The largest absolute Gasteiger partial charge is 0.352 e. The predicted molar refractivity (Wildman–Crippen MR) is 72.7 cm³/mol. The first kappa shape index (κ1) is 12.0. The van der Waals surface area contributed by atoms with E-state index in [0.717, 1.165) is 17.7 Å². The molecule has 2 aromatic rings. The summed E-state index contributed by atoms with van der Waals surface area (Å²) in [6.07, 6.45) is 4.77. The standard InChI is InChI=1S/C15H17N3O/c1-11-7-14(11)15(19)16-8-12-9-17-18(10-12)13-5-3-2-4-6-13/h2-6,9-11,14H,7-8H2,1H3,(H,16,19)/t11-,14+/m0/s1. The number of rotatable bonds is 4. The fourth-order valence-electron chi connectivity index (χ4n) is 2.18. The van der Waals surface area contributed by atoms with Crippen molar-refractivity contribution < 1.29 is 4.79 Å². The van der Waals surface area contributed by atoms with Gasteiger partial charge in [0.2, 0.25) is 5.91 Å². The maximum Gasteiger partial charge on any atom is 0.223 e. The number of benzene rings is 1. The van der Waals surface area contributed by atoms with E-state index in [1.807, 2.05) is 41.2 Å². The van der Waals surface area contributed by atoms with E-state index < -0.39 is 0 Å². The lowest BCUT2D eigenvalue weighted by Crippen LogP contribution is -2.24. The number of hydrogen-bond acceptors (Lipinski definition) is 2. The van der Waals surface area contributed by atoms with E-state index in [1.54, 1.807) is 6.20 Å². The average Bonchev–Trinajstić information content (AvgIpc) is 3.00. The molecular formula is C15H17N3O. The minimum atomic E-state index is 0.167. The Morgan fingerprint density at radius 1 is 1.42 bits per heavy atom. The van der Waals surface area contributed by atoms with Crippen molar-refractivity contribution in [3.05, 3.63) is 48.3 Å². The number of aromatic nitrogens is 2. The summed E-state index contributed by atoms with van der Waals surface area (Å²) in [7, 11) is 0. The third-order valence-corrected chi connectivity index (χ3v) is 3.57. The minimum Gasteiger partial charge on any atom is -0.352 e. The summed E-state index contributed by atoms with van der Waals surface area (Å²) in [5.74, 6) is 0.941. The molecule has 1 N–H and O–H groups in total. The van der Waals surface area contributed by atoms with Crippen molar-refractivity contribution >= 4 is 5.91 Å². The molecule has 2 atom stereocenters. The van der Waals surface area contributed by atoms with Crippen LogP contribution in [-0.4, -0.2) is 15.7 Å². The molecule has 0 unspecified atom stereocenters. The summed E-state index contributed by atoms with van der Waals surface area (Å²) in [5.41, 5.74) is 2.04. The molecule has 0 bridgehead atoms. The zero-order valence-electron chi connectivity index (χ0n) is 10.9. The SMILES string of the molecule is C[C@H]1C[C@H]1C(=O)NCc1cnn(-c2ccccc2)c1. The second kappa shape index (κ2) is 4.88. The molecule has 1 aliphatic carbocycles. The van der Waals surface area contributed by atoms with Crippen LogP contribution in [0.2, 0.25) is 0 Å². The highest BCUT2D eigenvalue weighted by atomic mass is 16.2. The molecule has 98 valence electrons. The number of nitrogens with zero attached hydrogens (tertiary/aromatic N) is 2. The van der Waals surface area contributed by atoms with Crippen LogP contribution in [0.3, 0.4) is 0 Å². The van der Waals surface area contributed by atoms with Gasteiger partial charge in [0.25, 0.3) is 0 Å². The monoisotopic (exact) mass is 255 g/mol. The molecule has 4 heteroatoms. The number of nitrogens with one attached hydrogen (secondary N) is 1. The van der Waals surface area contributed by atoms with E-state index in [0.29, 0.717) is 12.5 Å². The topological polar surface area (TPSA) is 46.9 Å². The molecular weight excluding hydrogens is 238 g/mol. The summed E-state index contributed by atoms with van der Waals surface area (Å²) in [6, 6.07) is 9.94. The Hall–Kier alpha value is -2.10. The van der Waals surface area contributed by atoms with Gasteiger partial charge in [-0.05, 0) is 24.5 Å². The Morgan fingerprint density at radius 3 is 2.84 bits per heavy atom. The van der Waals surface area contributed by atoms with Crippen LogP contribution in [0.15, 0.2) is 42.7 Å². The highest BCUT2D eigenvalue weighted by Gasteiger charge is 2.38. The molecule has 1 aromatic carbocycles. The van der Waals surface area contributed by atoms with E-state index >= 15 is 0 Å². The maximum atomic E-state index is 11.7. The van der Waals surface area contributed by atoms with Crippen molar-refractivity contribution in [1.29, 1.82) is 0 Å². The molecule has 0 aliphatic heterocycles. The van der Waals surface area contributed by atoms with Gasteiger partial charge in [-0.15, -0.1) is 0 Å². The molecule has 0 saturated heterocycles. The molecule has 0 spiro atoms. The van der Waals surface area contributed by atoms with Crippen molar-refractivity contribution in [2.75, 3.05) is 0 Å². The molecule has 3 rings (SSSR count). The van der Waals surface area contributed by atoms with Crippen molar-refractivity contribution in [3.8, 4) is 5.69 Å². The third kappa shape index (κ3) is 2.67. The van der Waals surface area contributed by atoms with Gasteiger partial charge in [0.15, 0.2) is 0 Å². The first-order valence-electron chi connectivity index (χ1n) is 6.61. The van der Waals surface area contributed by atoms with Crippen LogP contribution in [0.4, 0.5) is 0 Å². The quantitative estimate of drug-likeness (QED) is 0.910. The Balaban J connectivity index is 1.61. The van der Waals surface area contributed by atoms with Gasteiger partial charge in [-0.3, -0.25) is 4.79 Å². The predicted octanol–water partition coefficient (Wildman–Crippen LogP) is 2.14. The zero-order chi connectivity index (χ0) is 13.2. The second-order valence-corrected chi connectivity index (χ2v) is 5.17. The van der Waals surface area contributed by atoms with Crippen LogP contribution >= 0.6 is 0 Å². The normalized spacial score (nSPS) is 21.1. The highest BCUT2D eigenvalue weighted by Crippen LogP contribution is 2.37. The minimum absolute atomic E-state index is 0.167. The Morgan fingerprint density at radius 2 is 2.16 bits per heavy atom. The molecule has 19 heavy (non-hydrogen) atoms. The smallest absolute Gasteiger partial charge is 0.223 e. The van der Waals surface area contributed by atoms with Gasteiger partial charge in [0, 0.05) is 24.2 Å². The number of carbonyl (C=O) groups is 1. The maximum absolute atomic E-state index is 11.7. The number of hydrogen-bond donors (Lipinski definition) is 1. The molecule has 1 amide bonds. The number of para-hydroxylation sites is 1. The Bertz CT molecular complexity index is 576. The van der Waals surface area contributed by atoms with Crippen molar-refractivity contribution in [1.82, 2.24) is 15.1 Å².